The van der Waals surface area contributed by atoms with Crippen molar-refractivity contribution < 1.29 is 23.9 Å². The first-order valence-corrected chi connectivity index (χ1v) is 7.11. The van der Waals surface area contributed by atoms with E-state index >= 15 is 0 Å². The van der Waals surface area contributed by atoms with Crippen molar-refractivity contribution in [3.8, 4) is 5.75 Å². The van der Waals surface area contributed by atoms with E-state index in [-0.39, 0.29) is 5.71 Å². The first kappa shape index (κ1) is 15.0. The normalized spacial score (nSPS) is 22.5. The van der Waals surface area contributed by atoms with Crippen molar-refractivity contribution in [2.45, 2.75) is 13.0 Å². The molecule has 1 fully saturated rings. The van der Waals surface area contributed by atoms with E-state index in [4.69, 9.17) is 4.74 Å². The number of nitrogens with zero attached hydrogens (tertiary/aromatic N) is 2. The molecule has 0 saturated carbocycles. The summed E-state index contributed by atoms with van der Waals surface area (Å²) in [4.78, 5) is 38.0. The highest BCUT2D eigenvalue weighted by Crippen LogP contribution is 2.35. The first-order valence-electron chi connectivity index (χ1n) is 7.11. The SMILES string of the molecule is CCOc1ccccc1N1C(=O)[C@H]2C(C(=O)OC)=NN[C@@H]2C1=O. The number of hydrogen-bond acceptors (Lipinski definition) is 7. The van der Waals surface area contributed by atoms with E-state index in [1.165, 1.54) is 7.11 Å². The molecule has 0 spiro atoms. The largest absolute Gasteiger partial charge is 0.492 e. The number of amides is 2. The smallest absolute Gasteiger partial charge is 0.355 e. The third kappa shape index (κ3) is 2.23. The summed E-state index contributed by atoms with van der Waals surface area (Å²) in [5.74, 6) is -2.29. The van der Waals surface area contributed by atoms with Gasteiger partial charge >= 0.3 is 5.97 Å². The molecule has 8 heteroatoms. The lowest BCUT2D eigenvalue weighted by molar-refractivity contribution is -0.133. The summed E-state index contributed by atoms with van der Waals surface area (Å²) in [7, 11) is 1.20. The van der Waals surface area contributed by atoms with Crippen LogP contribution < -0.4 is 15.1 Å². The molecule has 2 aliphatic rings. The molecule has 8 nitrogen and oxygen atoms in total. The summed E-state index contributed by atoms with van der Waals surface area (Å²) in [6.45, 7) is 2.20. The quantitative estimate of drug-likeness (QED) is 0.624. The highest BCUT2D eigenvalue weighted by Gasteiger charge is 2.56. The Bertz CT molecular complexity index is 715. The average molecular weight is 317 g/mol. The molecular formula is C15H15N3O5. The summed E-state index contributed by atoms with van der Waals surface area (Å²) in [5, 5.41) is 3.77. The van der Waals surface area contributed by atoms with Crippen LogP contribution in [0.3, 0.4) is 0 Å². The van der Waals surface area contributed by atoms with Crippen molar-refractivity contribution in [3.05, 3.63) is 24.3 Å². The van der Waals surface area contributed by atoms with Gasteiger partial charge in [0.1, 0.15) is 17.7 Å². The number of ether oxygens (including phenoxy) is 2. The molecule has 120 valence electrons. The number of rotatable bonds is 4. The topological polar surface area (TPSA) is 97.3 Å². The van der Waals surface area contributed by atoms with Gasteiger partial charge in [-0.25, -0.2) is 9.69 Å². The predicted molar refractivity (Wildman–Crippen MR) is 80.0 cm³/mol. The molecule has 23 heavy (non-hydrogen) atoms. The summed E-state index contributed by atoms with van der Waals surface area (Å²) < 4.78 is 10.1. The number of benzene rings is 1. The van der Waals surface area contributed by atoms with Gasteiger partial charge in [-0.2, -0.15) is 5.10 Å². The summed E-state index contributed by atoms with van der Waals surface area (Å²) in [6, 6.07) is 5.86. The van der Waals surface area contributed by atoms with Gasteiger partial charge < -0.3 is 9.47 Å². The van der Waals surface area contributed by atoms with Crippen LogP contribution in [0.2, 0.25) is 0 Å². The monoisotopic (exact) mass is 317 g/mol. The Morgan fingerprint density at radius 3 is 2.74 bits per heavy atom. The third-order valence-corrected chi connectivity index (χ3v) is 3.73. The maximum absolute atomic E-state index is 12.7. The van der Waals surface area contributed by atoms with E-state index in [1.54, 1.807) is 24.3 Å². The Labute approximate surface area is 132 Å². The lowest BCUT2D eigenvalue weighted by Gasteiger charge is -2.19. The number of para-hydroxylation sites is 2. The number of carbonyl (C=O) groups is 3. The molecule has 0 unspecified atom stereocenters. The van der Waals surface area contributed by atoms with Crippen LogP contribution in [-0.4, -0.2) is 43.3 Å². The van der Waals surface area contributed by atoms with Gasteiger partial charge in [0, 0.05) is 0 Å². The maximum atomic E-state index is 12.7. The van der Waals surface area contributed by atoms with Gasteiger partial charge in [-0.15, -0.1) is 0 Å². The zero-order valence-electron chi connectivity index (χ0n) is 12.6. The fourth-order valence-electron chi connectivity index (χ4n) is 2.72. The van der Waals surface area contributed by atoms with Gasteiger partial charge in [-0.1, -0.05) is 12.1 Å². The molecular weight excluding hydrogens is 302 g/mol. The molecule has 1 saturated heterocycles. The summed E-state index contributed by atoms with van der Waals surface area (Å²) >= 11 is 0. The minimum absolute atomic E-state index is 0.0905. The van der Waals surface area contributed by atoms with Crippen LogP contribution in [0.15, 0.2) is 29.4 Å². The van der Waals surface area contributed by atoms with E-state index in [2.05, 4.69) is 15.3 Å². The minimum atomic E-state index is -0.982. The molecule has 1 N–H and O–H groups in total. The Morgan fingerprint density at radius 2 is 2.04 bits per heavy atom. The van der Waals surface area contributed by atoms with Gasteiger partial charge in [0.25, 0.3) is 5.91 Å². The zero-order chi connectivity index (χ0) is 16.6. The molecule has 2 heterocycles. The van der Waals surface area contributed by atoms with Crippen molar-refractivity contribution in [2.24, 2.45) is 11.0 Å². The minimum Gasteiger partial charge on any atom is -0.492 e. The Balaban J connectivity index is 1.98. The fraction of sp³-hybridized carbons (Fsp3) is 0.333. The second kappa shape index (κ2) is 5.71. The van der Waals surface area contributed by atoms with Crippen LogP contribution in [0, 0.1) is 5.92 Å². The molecule has 2 atom stereocenters. The van der Waals surface area contributed by atoms with E-state index in [0.717, 1.165) is 4.90 Å². The lowest BCUT2D eigenvalue weighted by atomic mass is 9.99. The number of esters is 1. The second-order valence-corrected chi connectivity index (χ2v) is 4.99. The van der Waals surface area contributed by atoms with E-state index in [0.29, 0.717) is 18.0 Å². The zero-order valence-corrected chi connectivity index (χ0v) is 12.6. The molecule has 0 bridgehead atoms. The van der Waals surface area contributed by atoms with Crippen molar-refractivity contribution >= 4 is 29.2 Å². The summed E-state index contributed by atoms with van der Waals surface area (Å²) in [5.41, 5.74) is 2.81. The Morgan fingerprint density at radius 1 is 1.30 bits per heavy atom. The van der Waals surface area contributed by atoms with Crippen LogP contribution in [0.5, 0.6) is 5.75 Å². The van der Waals surface area contributed by atoms with Gasteiger partial charge in [0.05, 0.1) is 19.4 Å². The number of anilines is 1. The van der Waals surface area contributed by atoms with Crippen LogP contribution in [-0.2, 0) is 19.1 Å². The number of nitrogens with one attached hydrogen (secondary N) is 1. The van der Waals surface area contributed by atoms with Crippen LogP contribution in [0.25, 0.3) is 0 Å². The lowest BCUT2D eigenvalue weighted by Crippen LogP contribution is -2.36. The number of methoxy groups -OCH3 is 1. The predicted octanol–water partition coefficient (Wildman–Crippen LogP) is 0.0755. The summed E-state index contributed by atoms with van der Waals surface area (Å²) in [6.07, 6.45) is 0. The number of carbonyl (C=O) groups excluding carboxylic acids is 3. The van der Waals surface area contributed by atoms with Crippen LogP contribution in [0.1, 0.15) is 6.92 Å². The van der Waals surface area contributed by atoms with Crippen molar-refractivity contribution in [1.29, 1.82) is 0 Å². The van der Waals surface area contributed by atoms with E-state index in [1.807, 2.05) is 6.92 Å². The van der Waals surface area contributed by atoms with Gasteiger partial charge in [-0.05, 0) is 19.1 Å². The van der Waals surface area contributed by atoms with Crippen LogP contribution in [0.4, 0.5) is 5.69 Å². The van der Waals surface area contributed by atoms with E-state index < -0.39 is 29.7 Å². The Hall–Kier alpha value is -2.90. The highest BCUT2D eigenvalue weighted by atomic mass is 16.5. The molecule has 0 aromatic heterocycles. The standard InChI is InChI=1S/C15H15N3O5/c1-3-23-9-7-5-4-6-8(9)18-13(19)10-11(14(18)20)16-17-12(10)15(21)22-2/h4-7,10-11,16H,3H2,1-2H3/t10-,11+/m1/s1. The average Bonchev–Trinajstić information content (AvgIpc) is 3.09. The molecule has 1 aromatic rings. The molecule has 2 amide bonds. The molecule has 0 aliphatic carbocycles. The second-order valence-electron chi connectivity index (χ2n) is 4.99. The van der Waals surface area contributed by atoms with E-state index in [9.17, 15) is 14.4 Å². The van der Waals surface area contributed by atoms with Gasteiger partial charge in [-0.3, -0.25) is 15.0 Å². The number of fused-ring (bicyclic) bond motifs is 1. The number of imide groups is 1. The molecule has 3 rings (SSSR count). The fourth-order valence-corrected chi connectivity index (χ4v) is 2.72. The number of hydrogen-bond donors (Lipinski definition) is 1. The van der Waals surface area contributed by atoms with Crippen molar-refractivity contribution in [1.82, 2.24) is 5.43 Å². The first-order chi connectivity index (χ1) is 11.1. The third-order valence-electron chi connectivity index (χ3n) is 3.73. The van der Waals surface area contributed by atoms with Gasteiger partial charge in [0.15, 0.2) is 5.71 Å². The maximum Gasteiger partial charge on any atom is 0.355 e. The molecule has 0 radical (unpaired) electrons. The van der Waals surface area contributed by atoms with Crippen molar-refractivity contribution in [3.63, 3.8) is 0 Å². The van der Waals surface area contributed by atoms with Crippen LogP contribution >= 0.6 is 0 Å². The number of hydrazone groups is 1. The van der Waals surface area contributed by atoms with Gasteiger partial charge in [0.2, 0.25) is 5.91 Å². The Kier molecular flexibility index (Phi) is 3.73. The molecule has 2 aliphatic heterocycles. The van der Waals surface area contributed by atoms with Crippen molar-refractivity contribution in [2.75, 3.05) is 18.6 Å². The molecule has 1 aromatic carbocycles. The highest BCUT2D eigenvalue weighted by molar-refractivity contribution is 6.46.